The molecule has 37 heavy (non-hydrogen) atoms. The van der Waals surface area contributed by atoms with Gasteiger partial charge in [-0.15, -0.1) is 4.98 Å². The lowest BCUT2D eigenvalue weighted by Gasteiger charge is -2.30. The van der Waals surface area contributed by atoms with Gasteiger partial charge in [-0.2, -0.15) is 18.0 Å². The molecule has 2 fully saturated rings. The van der Waals surface area contributed by atoms with E-state index in [9.17, 15) is 18.0 Å². The van der Waals surface area contributed by atoms with E-state index in [1.165, 1.54) is 18.2 Å². The van der Waals surface area contributed by atoms with Gasteiger partial charge in [0.05, 0.1) is 11.5 Å². The standard InChI is InChI=1S/C25H31F3N8O/c1-29-22-32-23(34-24(33-22)36-13-11-35(2)12-14-36)31-15-17-7-9-18(10-8-17)21(37)30-16-19-5-3-4-6-20(19)25(26,27)28/h3-6,17-18H,7-14,16H2,1-2H3,(H-,29,30,32,33,34,37)/p+1. The number of halogens is 3. The summed E-state index contributed by atoms with van der Waals surface area (Å²) >= 11 is 0. The fourth-order valence-corrected chi connectivity index (χ4v) is 4.57. The number of rotatable bonds is 5. The molecule has 1 aliphatic heterocycles. The monoisotopic (exact) mass is 517 g/mol. The molecule has 2 N–H and O–H groups in total. The quantitative estimate of drug-likeness (QED) is 0.624. The second kappa shape index (κ2) is 11.7. The number of aromatic nitrogens is 3. The van der Waals surface area contributed by atoms with Crippen LogP contribution >= 0.6 is 0 Å². The molecule has 12 heteroatoms. The highest BCUT2D eigenvalue weighted by Gasteiger charge is 2.33. The number of anilines is 2. The average molecular weight is 518 g/mol. The summed E-state index contributed by atoms with van der Waals surface area (Å²) in [6.07, 6.45) is -1.81. The van der Waals surface area contributed by atoms with Crippen LogP contribution in [0.15, 0.2) is 24.3 Å². The van der Waals surface area contributed by atoms with Crippen molar-refractivity contribution in [2.45, 2.75) is 38.4 Å². The van der Waals surface area contributed by atoms with E-state index >= 15 is 0 Å². The predicted molar refractivity (Wildman–Crippen MR) is 135 cm³/mol. The molecule has 198 valence electrons. The molecule has 4 rings (SSSR count). The van der Waals surface area contributed by atoms with Crippen molar-refractivity contribution in [3.8, 4) is 6.07 Å². The fourth-order valence-electron chi connectivity index (χ4n) is 4.57. The molecule has 0 atom stereocenters. The third kappa shape index (κ3) is 7.07. The molecule has 1 aliphatic carbocycles. The van der Waals surface area contributed by atoms with E-state index in [0.717, 1.165) is 32.2 Å². The van der Waals surface area contributed by atoms with Crippen LogP contribution in [-0.4, -0.2) is 66.0 Å². The van der Waals surface area contributed by atoms with Crippen LogP contribution in [0, 0.1) is 17.9 Å². The van der Waals surface area contributed by atoms with Crippen molar-refractivity contribution in [1.82, 2.24) is 25.2 Å². The number of piperazine rings is 1. The Morgan fingerprint density at radius 2 is 1.78 bits per heavy atom. The third-order valence-corrected chi connectivity index (χ3v) is 6.84. The van der Waals surface area contributed by atoms with Gasteiger partial charge in [-0.25, -0.2) is 0 Å². The number of likely N-dealkylation sites (N-methyl/N-ethyl adjacent to an activating group) is 1. The van der Waals surface area contributed by atoms with Gasteiger partial charge >= 0.3 is 24.0 Å². The topological polar surface area (TPSA) is 90.6 Å². The minimum absolute atomic E-state index is 0.0527. The number of nitrogens with zero attached hydrogens (tertiary/aromatic N) is 6. The summed E-state index contributed by atoms with van der Waals surface area (Å²) in [6.45, 7) is 3.35. The molecule has 1 aromatic carbocycles. The van der Waals surface area contributed by atoms with Crippen molar-refractivity contribution >= 4 is 23.8 Å². The van der Waals surface area contributed by atoms with Crippen LogP contribution in [0.2, 0.25) is 0 Å². The molecule has 1 saturated heterocycles. The molecular formula is C25H32F3N8O+. The van der Waals surface area contributed by atoms with Gasteiger partial charge in [-0.05, 0) is 54.3 Å². The first kappa shape index (κ1) is 26.6. The van der Waals surface area contributed by atoms with Crippen molar-refractivity contribution in [2.24, 2.45) is 11.8 Å². The number of alkyl halides is 3. The number of nitrogens with one attached hydrogen (secondary N) is 2. The molecule has 2 aliphatic rings. The van der Waals surface area contributed by atoms with Crippen molar-refractivity contribution in [3.05, 3.63) is 40.2 Å². The van der Waals surface area contributed by atoms with Crippen molar-refractivity contribution in [1.29, 1.82) is 0 Å². The SMILES string of the molecule is CNc1nc([N+]#CC2CCC(C(=O)NCc3ccccc3C(F)(F)F)CC2)nc(N2CCN(C)CC2)n1. The normalized spacial score (nSPS) is 20.6. The molecular weight excluding hydrogens is 485 g/mol. The molecule has 0 spiro atoms. The van der Waals surface area contributed by atoms with E-state index < -0.39 is 11.7 Å². The van der Waals surface area contributed by atoms with E-state index in [-0.39, 0.29) is 35.8 Å². The van der Waals surface area contributed by atoms with E-state index in [0.29, 0.717) is 37.6 Å². The summed E-state index contributed by atoms with van der Waals surface area (Å²) < 4.78 is 39.6. The van der Waals surface area contributed by atoms with Gasteiger partial charge in [0.2, 0.25) is 5.91 Å². The number of benzene rings is 1. The predicted octanol–water partition coefficient (Wildman–Crippen LogP) is 3.77. The summed E-state index contributed by atoms with van der Waals surface area (Å²) in [4.78, 5) is 34.7. The summed E-state index contributed by atoms with van der Waals surface area (Å²) in [5, 5.41) is 5.64. The van der Waals surface area contributed by atoms with Gasteiger partial charge in [0.15, 0.2) is 0 Å². The van der Waals surface area contributed by atoms with E-state index in [1.54, 1.807) is 7.05 Å². The maximum absolute atomic E-state index is 13.2. The zero-order valence-electron chi connectivity index (χ0n) is 21.1. The zero-order chi connectivity index (χ0) is 26.4. The lowest BCUT2D eigenvalue weighted by Crippen LogP contribution is -2.45. The first-order valence-electron chi connectivity index (χ1n) is 12.5. The highest BCUT2D eigenvalue weighted by atomic mass is 19.4. The van der Waals surface area contributed by atoms with Crippen LogP contribution in [0.4, 0.5) is 31.0 Å². The Morgan fingerprint density at radius 3 is 2.46 bits per heavy atom. The van der Waals surface area contributed by atoms with Gasteiger partial charge in [0.25, 0.3) is 0 Å². The summed E-state index contributed by atoms with van der Waals surface area (Å²) in [5.74, 6) is 0.902. The Kier molecular flexibility index (Phi) is 8.43. The molecule has 2 aromatic rings. The van der Waals surface area contributed by atoms with Gasteiger partial charge < -0.3 is 20.4 Å². The molecule has 2 heterocycles. The Bertz CT molecular complexity index is 1150. The first-order chi connectivity index (χ1) is 17.7. The first-order valence-corrected chi connectivity index (χ1v) is 12.5. The number of carbonyl (C=O) groups excluding carboxylic acids is 1. The van der Waals surface area contributed by atoms with Gasteiger partial charge in [-0.3, -0.25) is 4.79 Å². The van der Waals surface area contributed by atoms with E-state index in [2.05, 4.69) is 53.3 Å². The van der Waals surface area contributed by atoms with E-state index in [1.807, 2.05) is 0 Å². The minimum Gasteiger partial charge on any atom is -0.352 e. The van der Waals surface area contributed by atoms with Gasteiger partial charge in [0.1, 0.15) is 6.07 Å². The molecule has 0 radical (unpaired) electrons. The van der Waals surface area contributed by atoms with Crippen LogP contribution in [0.25, 0.3) is 4.85 Å². The number of hydrogen-bond donors (Lipinski definition) is 2. The number of amides is 1. The van der Waals surface area contributed by atoms with Gasteiger partial charge in [0, 0.05) is 45.7 Å². The second-order valence-electron chi connectivity index (χ2n) is 9.46. The largest absolute Gasteiger partial charge is 0.537 e. The third-order valence-electron chi connectivity index (χ3n) is 6.84. The Morgan fingerprint density at radius 1 is 1.08 bits per heavy atom. The maximum Gasteiger partial charge on any atom is 0.537 e. The maximum atomic E-state index is 13.2. The Labute approximate surface area is 214 Å². The highest BCUT2D eigenvalue weighted by molar-refractivity contribution is 5.78. The smallest absolute Gasteiger partial charge is 0.352 e. The average Bonchev–Trinajstić information content (AvgIpc) is 2.90. The molecule has 1 amide bonds. The van der Waals surface area contributed by atoms with Crippen LogP contribution in [0.3, 0.4) is 0 Å². The number of hydrogen-bond acceptors (Lipinski definition) is 7. The van der Waals surface area contributed by atoms with E-state index in [4.69, 9.17) is 0 Å². The van der Waals surface area contributed by atoms with Crippen molar-refractivity contribution < 1.29 is 18.0 Å². The molecule has 9 nitrogen and oxygen atoms in total. The summed E-state index contributed by atoms with van der Waals surface area (Å²) in [7, 11) is 3.83. The van der Waals surface area contributed by atoms with Crippen LogP contribution < -0.4 is 15.5 Å². The molecule has 0 bridgehead atoms. The van der Waals surface area contributed by atoms with Crippen molar-refractivity contribution in [3.63, 3.8) is 0 Å². The second-order valence-corrected chi connectivity index (χ2v) is 9.46. The zero-order valence-corrected chi connectivity index (χ0v) is 21.1. The Balaban J connectivity index is 1.32. The lowest BCUT2D eigenvalue weighted by molar-refractivity contribution is -0.138. The molecule has 1 aromatic heterocycles. The number of carbonyl (C=O) groups is 1. The fraction of sp³-hybridized carbons (Fsp3) is 0.560. The molecule has 0 unspecified atom stereocenters. The Hall–Kier alpha value is -3.46. The molecule has 1 saturated carbocycles. The highest BCUT2D eigenvalue weighted by Crippen LogP contribution is 2.32. The van der Waals surface area contributed by atoms with Crippen molar-refractivity contribution in [2.75, 3.05) is 50.5 Å². The van der Waals surface area contributed by atoms with Crippen LogP contribution in [0.5, 0.6) is 0 Å². The van der Waals surface area contributed by atoms with Gasteiger partial charge in [-0.1, -0.05) is 18.2 Å². The minimum atomic E-state index is -4.45. The lowest BCUT2D eigenvalue weighted by atomic mass is 9.82. The summed E-state index contributed by atoms with van der Waals surface area (Å²) in [5.41, 5.74) is -0.660. The summed E-state index contributed by atoms with van der Waals surface area (Å²) in [6, 6.07) is 8.43. The van der Waals surface area contributed by atoms with Crippen LogP contribution in [-0.2, 0) is 17.5 Å². The van der Waals surface area contributed by atoms with Crippen LogP contribution in [0.1, 0.15) is 36.8 Å².